The molecule has 0 saturated carbocycles. The van der Waals surface area contributed by atoms with Crippen LogP contribution in [0.2, 0.25) is 0 Å². The summed E-state index contributed by atoms with van der Waals surface area (Å²) >= 11 is 0. The van der Waals surface area contributed by atoms with Gasteiger partial charge in [0.2, 0.25) is 0 Å². The van der Waals surface area contributed by atoms with Crippen molar-refractivity contribution in [3.8, 4) is 0 Å². The second kappa shape index (κ2) is 5.26. The summed E-state index contributed by atoms with van der Waals surface area (Å²) in [5, 5.41) is 3.61. The van der Waals surface area contributed by atoms with Gasteiger partial charge in [0.05, 0.1) is 12.7 Å². The first-order valence-electron chi connectivity index (χ1n) is 7.31. The van der Waals surface area contributed by atoms with E-state index in [0.29, 0.717) is 0 Å². The van der Waals surface area contributed by atoms with Gasteiger partial charge < -0.3 is 10.1 Å². The van der Waals surface area contributed by atoms with Crippen LogP contribution in [0.5, 0.6) is 0 Å². The van der Waals surface area contributed by atoms with Crippen LogP contribution < -0.4 is 5.32 Å². The van der Waals surface area contributed by atoms with Crippen LogP contribution in [0.15, 0.2) is 24.3 Å². The molecule has 0 amide bonds. The van der Waals surface area contributed by atoms with E-state index in [1.807, 2.05) is 0 Å². The van der Waals surface area contributed by atoms with Crippen molar-refractivity contribution in [2.45, 2.75) is 58.1 Å². The van der Waals surface area contributed by atoms with Crippen LogP contribution in [0.25, 0.3) is 0 Å². The van der Waals surface area contributed by atoms with Crippen molar-refractivity contribution in [1.82, 2.24) is 5.32 Å². The highest BCUT2D eigenvalue weighted by atomic mass is 16.5. The fraction of sp³-hybridized carbons (Fsp3) is 0.647. The average molecular weight is 261 g/mol. The zero-order valence-electron chi connectivity index (χ0n) is 12.9. The van der Waals surface area contributed by atoms with Gasteiger partial charge in [-0.2, -0.15) is 0 Å². The molecule has 0 spiro atoms. The van der Waals surface area contributed by atoms with E-state index < -0.39 is 0 Å². The van der Waals surface area contributed by atoms with E-state index in [0.717, 1.165) is 19.6 Å². The molecule has 1 saturated heterocycles. The van der Waals surface area contributed by atoms with E-state index in [1.165, 1.54) is 11.1 Å². The number of morpholine rings is 1. The molecule has 1 aromatic carbocycles. The molecule has 2 heteroatoms. The lowest BCUT2D eigenvalue weighted by Crippen LogP contribution is -2.52. The fourth-order valence-corrected chi connectivity index (χ4v) is 2.37. The Morgan fingerprint density at radius 2 is 1.89 bits per heavy atom. The second-order valence-corrected chi connectivity index (χ2v) is 6.97. The quantitative estimate of drug-likeness (QED) is 0.874. The van der Waals surface area contributed by atoms with Crippen LogP contribution in [0.1, 0.15) is 58.3 Å². The summed E-state index contributed by atoms with van der Waals surface area (Å²) in [6.07, 6.45) is 1.29. The molecule has 1 aromatic rings. The van der Waals surface area contributed by atoms with Crippen LogP contribution in [-0.2, 0) is 10.2 Å². The number of hydrogen-bond acceptors (Lipinski definition) is 2. The van der Waals surface area contributed by atoms with Crippen molar-refractivity contribution < 1.29 is 4.74 Å². The summed E-state index contributed by atoms with van der Waals surface area (Å²) < 4.78 is 6.03. The molecule has 1 aliphatic rings. The van der Waals surface area contributed by atoms with Crippen LogP contribution in [0.4, 0.5) is 0 Å². The maximum Gasteiger partial charge on any atom is 0.0950 e. The highest BCUT2D eigenvalue weighted by Gasteiger charge is 2.30. The van der Waals surface area contributed by atoms with Gasteiger partial charge in [-0.15, -0.1) is 0 Å². The molecule has 2 nitrogen and oxygen atoms in total. The molecule has 2 rings (SSSR count). The Morgan fingerprint density at radius 3 is 2.32 bits per heavy atom. The summed E-state index contributed by atoms with van der Waals surface area (Å²) in [5.74, 6) is 0. The molecule has 1 aliphatic heterocycles. The molecule has 2 atom stereocenters. The maximum atomic E-state index is 6.03. The van der Waals surface area contributed by atoms with E-state index >= 15 is 0 Å². The third-order valence-electron chi connectivity index (χ3n) is 4.25. The zero-order valence-corrected chi connectivity index (χ0v) is 12.9. The van der Waals surface area contributed by atoms with Crippen molar-refractivity contribution in [1.29, 1.82) is 0 Å². The van der Waals surface area contributed by atoms with Gasteiger partial charge in [0.1, 0.15) is 0 Å². The van der Waals surface area contributed by atoms with Crippen LogP contribution >= 0.6 is 0 Å². The lowest BCUT2D eigenvalue weighted by atomic mass is 9.86. The minimum Gasteiger partial charge on any atom is -0.370 e. The van der Waals surface area contributed by atoms with E-state index in [4.69, 9.17) is 4.74 Å². The SMILES string of the molecule is CCC1(C)COC(c2ccc(C(C)(C)C)cc2)CN1. The Labute approximate surface area is 117 Å². The van der Waals surface area contributed by atoms with Gasteiger partial charge in [-0.1, -0.05) is 52.0 Å². The number of ether oxygens (including phenoxy) is 1. The molecule has 0 aromatic heterocycles. The third kappa shape index (κ3) is 3.37. The minimum atomic E-state index is 0.141. The van der Waals surface area contributed by atoms with E-state index in [9.17, 15) is 0 Å². The lowest BCUT2D eigenvalue weighted by Gasteiger charge is -2.38. The van der Waals surface area contributed by atoms with Gasteiger partial charge in [0, 0.05) is 12.1 Å². The highest BCUT2D eigenvalue weighted by molar-refractivity contribution is 5.29. The number of benzene rings is 1. The molecule has 1 heterocycles. The maximum absolute atomic E-state index is 6.03. The molecule has 0 bridgehead atoms. The van der Waals surface area contributed by atoms with Gasteiger partial charge >= 0.3 is 0 Å². The third-order valence-corrected chi connectivity index (χ3v) is 4.25. The predicted octanol–water partition coefficient (Wildman–Crippen LogP) is 3.81. The first-order valence-corrected chi connectivity index (χ1v) is 7.31. The smallest absolute Gasteiger partial charge is 0.0950 e. The summed E-state index contributed by atoms with van der Waals surface area (Å²) in [4.78, 5) is 0. The Kier molecular flexibility index (Phi) is 4.03. The van der Waals surface area contributed by atoms with Crippen LogP contribution in [0, 0.1) is 0 Å². The summed E-state index contributed by atoms with van der Waals surface area (Å²) in [7, 11) is 0. The van der Waals surface area contributed by atoms with Gasteiger partial charge in [0.15, 0.2) is 0 Å². The Balaban J connectivity index is 2.04. The molecular weight excluding hydrogens is 234 g/mol. The molecule has 0 radical (unpaired) electrons. The van der Waals surface area contributed by atoms with Crippen molar-refractivity contribution in [3.63, 3.8) is 0 Å². The Hall–Kier alpha value is -0.860. The monoisotopic (exact) mass is 261 g/mol. The number of nitrogens with one attached hydrogen (secondary N) is 1. The van der Waals surface area contributed by atoms with Gasteiger partial charge in [-0.05, 0) is 29.9 Å². The molecule has 1 N–H and O–H groups in total. The first-order chi connectivity index (χ1) is 8.84. The molecule has 1 fully saturated rings. The van der Waals surface area contributed by atoms with Crippen molar-refractivity contribution in [2.75, 3.05) is 13.2 Å². The van der Waals surface area contributed by atoms with E-state index in [2.05, 4.69) is 64.2 Å². The normalized spacial score (nSPS) is 28.4. The van der Waals surface area contributed by atoms with Crippen molar-refractivity contribution >= 4 is 0 Å². The highest BCUT2D eigenvalue weighted by Crippen LogP contribution is 2.28. The zero-order chi connectivity index (χ0) is 14.1. The van der Waals surface area contributed by atoms with Crippen molar-refractivity contribution in [2.24, 2.45) is 0 Å². The molecule has 2 unspecified atom stereocenters. The average Bonchev–Trinajstić information content (AvgIpc) is 2.39. The van der Waals surface area contributed by atoms with Crippen molar-refractivity contribution in [3.05, 3.63) is 35.4 Å². The lowest BCUT2D eigenvalue weighted by molar-refractivity contribution is -0.0299. The minimum absolute atomic E-state index is 0.141. The van der Waals surface area contributed by atoms with E-state index in [-0.39, 0.29) is 17.1 Å². The number of hydrogen-bond donors (Lipinski definition) is 1. The topological polar surface area (TPSA) is 21.3 Å². The fourth-order valence-electron chi connectivity index (χ4n) is 2.37. The standard InChI is InChI=1S/C17H27NO/c1-6-17(5)12-19-15(11-18-17)13-7-9-14(10-8-13)16(2,3)4/h7-10,15,18H,6,11-12H2,1-5H3. The number of rotatable bonds is 2. The summed E-state index contributed by atoms with van der Waals surface area (Å²) in [6, 6.07) is 8.88. The van der Waals surface area contributed by atoms with Gasteiger partial charge in [-0.25, -0.2) is 0 Å². The largest absolute Gasteiger partial charge is 0.370 e. The van der Waals surface area contributed by atoms with Gasteiger partial charge in [0.25, 0.3) is 0 Å². The molecule has 106 valence electrons. The molecular formula is C17H27NO. The first kappa shape index (κ1) is 14.5. The summed E-state index contributed by atoms with van der Waals surface area (Å²) in [6.45, 7) is 12.9. The summed E-state index contributed by atoms with van der Waals surface area (Å²) in [5.41, 5.74) is 3.00. The van der Waals surface area contributed by atoms with Crippen LogP contribution in [0.3, 0.4) is 0 Å². The second-order valence-electron chi connectivity index (χ2n) is 6.97. The molecule has 19 heavy (non-hydrogen) atoms. The molecule has 0 aliphatic carbocycles. The van der Waals surface area contributed by atoms with Crippen LogP contribution in [-0.4, -0.2) is 18.7 Å². The van der Waals surface area contributed by atoms with E-state index in [1.54, 1.807) is 0 Å². The predicted molar refractivity (Wildman–Crippen MR) is 80.5 cm³/mol. The Bertz CT molecular complexity index is 408. The van der Waals surface area contributed by atoms with Gasteiger partial charge in [-0.3, -0.25) is 0 Å². The Morgan fingerprint density at radius 1 is 1.26 bits per heavy atom.